The first kappa shape index (κ1) is 11.4. The lowest BCUT2D eigenvalue weighted by Crippen LogP contribution is -2.23. The highest BCUT2D eigenvalue weighted by Crippen LogP contribution is 2.38. The van der Waals surface area contributed by atoms with E-state index in [1.807, 2.05) is 0 Å². The van der Waals surface area contributed by atoms with E-state index in [9.17, 15) is 4.79 Å². The molecule has 1 aliphatic carbocycles. The van der Waals surface area contributed by atoms with Crippen LogP contribution in [0.2, 0.25) is 5.15 Å². The monoisotopic (exact) mass is 266 g/mol. The Balaban J connectivity index is 1.89. The quantitative estimate of drug-likeness (QED) is 0.788. The molecule has 7 heteroatoms. The SMILES string of the molecule is Cc1nc(Cl)cc(=O)n1Cc1noc(C2CC2)n1. The minimum absolute atomic E-state index is 0.195. The van der Waals surface area contributed by atoms with Crippen LogP contribution in [0.4, 0.5) is 0 Å². The van der Waals surface area contributed by atoms with Crippen LogP contribution in [-0.4, -0.2) is 19.7 Å². The summed E-state index contributed by atoms with van der Waals surface area (Å²) in [5, 5.41) is 4.07. The minimum Gasteiger partial charge on any atom is -0.339 e. The van der Waals surface area contributed by atoms with Crippen molar-refractivity contribution in [1.82, 2.24) is 19.7 Å². The number of rotatable bonds is 3. The van der Waals surface area contributed by atoms with Crippen LogP contribution >= 0.6 is 11.6 Å². The molecule has 94 valence electrons. The third-order valence-corrected chi connectivity index (χ3v) is 3.07. The van der Waals surface area contributed by atoms with Gasteiger partial charge in [-0.2, -0.15) is 4.98 Å². The van der Waals surface area contributed by atoms with Gasteiger partial charge in [-0.15, -0.1) is 0 Å². The predicted molar refractivity (Wildman–Crippen MR) is 63.6 cm³/mol. The van der Waals surface area contributed by atoms with E-state index in [2.05, 4.69) is 15.1 Å². The number of aryl methyl sites for hydroxylation is 1. The second-order valence-corrected chi connectivity index (χ2v) is 4.76. The summed E-state index contributed by atoms with van der Waals surface area (Å²) in [6.07, 6.45) is 2.20. The highest BCUT2D eigenvalue weighted by Gasteiger charge is 2.29. The Bertz CT molecular complexity index is 645. The molecule has 0 amide bonds. The zero-order valence-electron chi connectivity index (χ0n) is 9.76. The van der Waals surface area contributed by atoms with Crippen LogP contribution in [0.1, 0.15) is 36.3 Å². The van der Waals surface area contributed by atoms with Crippen LogP contribution in [0.5, 0.6) is 0 Å². The fourth-order valence-corrected chi connectivity index (χ4v) is 1.96. The number of aromatic nitrogens is 4. The maximum absolute atomic E-state index is 11.8. The van der Waals surface area contributed by atoms with Crippen molar-refractivity contribution in [2.75, 3.05) is 0 Å². The first-order valence-electron chi connectivity index (χ1n) is 5.70. The molecular formula is C11H11ClN4O2. The Labute approximate surface area is 108 Å². The molecule has 1 fully saturated rings. The fourth-order valence-electron chi connectivity index (χ4n) is 1.75. The molecule has 0 atom stereocenters. The van der Waals surface area contributed by atoms with Gasteiger partial charge < -0.3 is 4.52 Å². The second kappa shape index (κ2) is 4.20. The third-order valence-electron chi connectivity index (χ3n) is 2.88. The van der Waals surface area contributed by atoms with Gasteiger partial charge in [-0.1, -0.05) is 16.8 Å². The molecule has 1 aliphatic rings. The molecule has 2 heterocycles. The van der Waals surface area contributed by atoms with Crippen LogP contribution in [0, 0.1) is 6.92 Å². The van der Waals surface area contributed by atoms with Crippen molar-refractivity contribution in [3.8, 4) is 0 Å². The normalized spacial score (nSPS) is 15.0. The van der Waals surface area contributed by atoms with Crippen LogP contribution in [0.25, 0.3) is 0 Å². The lowest BCUT2D eigenvalue weighted by atomic mass is 10.4. The minimum atomic E-state index is -0.217. The molecule has 2 aromatic heterocycles. The standard InChI is InChI=1S/C11H11ClN4O2/c1-6-13-8(12)4-10(17)16(6)5-9-14-11(18-15-9)7-2-3-7/h4,7H,2-3,5H2,1H3. The van der Waals surface area contributed by atoms with E-state index in [0.717, 1.165) is 12.8 Å². The largest absolute Gasteiger partial charge is 0.339 e. The van der Waals surface area contributed by atoms with Gasteiger partial charge in [0, 0.05) is 12.0 Å². The summed E-state index contributed by atoms with van der Waals surface area (Å²) in [6, 6.07) is 1.27. The van der Waals surface area contributed by atoms with Gasteiger partial charge in [0.15, 0.2) is 5.82 Å². The molecule has 0 unspecified atom stereocenters. The van der Waals surface area contributed by atoms with Crippen molar-refractivity contribution in [2.24, 2.45) is 0 Å². The average molecular weight is 267 g/mol. The van der Waals surface area contributed by atoms with E-state index in [1.54, 1.807) is 6.92 Å². The Morgan fingerprint density at radius 3 is 2.94 bits per heavy atom. The first-order valence-corrected chi connectivity index (χ1v) is 6.08. The highest BCUT2D eigenvalue weighted by molar-refractivity contribution is 6.29. The summed E-state index contributed by atoms with van der Waals surface area (Å²) in [4.78, 5) is 20.1. The lowest BCUT2D eigenvalue weighted by molar-refractivity contribution is 0.372. The van der Waals surface area contributed by atoms with Crippen LogP contribution in [0.3, 0.4) is 0 Å². The number of halogens is 1. The van der Waals surface area contributed by atoms with Gasteiger partial charge >= 0.3 is 0 Å². The Morgan fingerprint density at radius 2 is 2.28 bits per heavy atom. The molecular weight excluding hydrogens is 256 g/mol. The topological polar surface area (TPSA) is 73.8 Å². The molecule has 18 heavy (non-hydrogen) atoms. The number of hydrogen-bond donors (Lipinski definition) is 0. The van der Waals surface area contributed by atoms with Crippen molar-refractivity contribution in [3.63, 3.8) is 0 Å². The van der Waals surface area contributed by atoms with Crippen molar-refractivity contribution in [2.45, 2.75) is 32.2 Å². The zero-order valence-corrected chi connectivity index (χ0v) is 10.5. The van der Waals surface area contributed by atoms with Gasteiger partial charge in [0.25, 0.3) is 5.56 Å². The third kappa shape index (κ3) is 2.15. The van der Waals surface area contributed by atoms with Crippen LogP contribution in [-0.2, 0) is 6.54 Å². The van der Waals surface area contributed by atoms with Gasteiger partial charge in [-0.3, -0.25) is 9.36 Å². The number of nitrogens with zero attached hydrogens (tertiary/aromatic N) is 4. The molecule has 0 aliphatic heterocycles. The van der Waals surface area contributed by atoms with E-state index in [1.165, 1.54) is 10.6 Å². The van der Waals surface area contributed by atoms with Gasteiger partial charge in [0.2, 0.25) is 5.89 Å². The average Bonchev–Trinajstić information content (AvgIpc) is 3.04. The van der Waals surface area contributed by atoms with Crippen molar-refractivity contribution < 1.29 is 4.52 Å². The Hall–Kier alpha value is -1.69. The lowest BCUT2D eigenvalue weighted by Gasteiger charge is -2.05. The molecule has 0 saturated heterocycles. The molecule has 0 aromatic carbocycles. The van der Waals surface area contributed by atoms with Gasteiger partial charge in [0.05, 0.1) is 6.54 Å². The smallest absolute Gasteiger partial charge is 0.255 e. The first-order chi connectivity index (χ1) is 8.63. The van der Waals surface area contributed by atoms with Crippen molar-refractivity contribution >= 4 is 11.6 Å². The summed E-state index contributed by atoms with van der Waals surface area (Å²) in [7, 11) is 0. The molecule has 6 nitrogen and oxygen atoms in total. The van der Waals surface area contributed by atoms with Crippen LogP contribution < -0.4 is 5.56 Å². The molecule has 2 aromatic rings. The molecule has 0 radical (unpaired) electrons. The molecule has 1 saturated carbocycles. The molecule has 0 N–H and O–H groups in total. The van der Waals surface area contributed by atoms with E-state index in [-0.39, 0.29) is 17.3 Å². The summed E-state index contributed by atoms with van der Waals surface area (Å²) < 4.78 is 6.61. The van der Waals surface area contributed by atoms with Crippen LogP contribution in [0.15, 0.2) is 15.4 Å². The van der Waals surface area contributed by atoms with E-state index >= 15 is 0 Å². The Kier molecular flexibility index (Phi) is 2.66. The second-order valence-electron chi connectivity index (χ2n) is 4.37. The molecule has 0 spiro atoms. The van der Waals surface area contributed by atoms with E-state index < -0.39 is 0 Å². The predicted octanol–water partition coefficient (Wildman–Crippen LogP) is 1.51. The maximum Gasteiger partial charge on any atom is 0.255 e. The maximum atomic E-state index is 11.8. The molecule has 3 rings (SSSR count). The van der Waals surface area contributed by atoms with Gasteiger partial charge in [-0.25, -0.2) is 4.98 Å². The number of hydrogen-bond acceptors (Lipinski definition) is 5. The summed E-state index contributed by atoms with van der Waals surface area (Å²) in [5.41, 5.74) is -0.217. The summed E-state index contributed by atoms with van der Waals surface area (Å²) in [5.74, 6) is 2.10. The Morgan fingerprint density at radius 1 is 1.50 bits per heavy atom. The summed E-state index contributed by atoms with van der Waals surface area (Å²) >= 11 is 5.70. The fraction of sp³-hybridized carbons (Fsp3) is 0.455. The summed E-state index contributed by atoms with van der Waals surface area (Å²) in [6.45, 7) is 1.97. The van der Waals surface area contributed by atoms with Crippen molar-refractivity contribution in [3.05, 3.63) is 39.1 Å². The van der Waals surface area contributed by atoms with Gasteiger partial charge in [-0.05, 0) is 19.8 Å². The highest BCUT2D eigenvalue weighted by atomic mass is 35.5. The van der Waals surface area contributed by atoms with Crippen molar-refractivity contribution in [1.29, 1.82) is 0 Å². The zero-order chi connectivity index (χ0) is 12.7. The molecule has 0 bridgehead atoms. The van der Waals surface area contributed by atoms with E-state index in [0.29, 0.717) is 23.5 Å². The van der Waals surface area contributed by atoms with Gasteiger partial charge in [0.1, 0.15) is 11.0 Å². The van der Waals surface area contributed by atoms with E-state index in [4.69, 9.17) is 16.1 Å².